The second kappa shape index (κ2) is 7.20. The Labute approximate surface area is 93.3 Å². The molecule has 0 heterocycles. The van der Waals surface area contributed by atoms with Crippen LogP contribution < -0.4 is 5.73 Å². The van der Waals surface area contributed by atoms with Gasteiger partial charge in [0.2, 0.25) is 0 Å². The molecule has 1 fully saturated rings. The van der Waals surface area contributed by atoms with Crippen molar-refractivity contribution in [2.75, 3.05) is 26.4 Å². The molecule has 0 aromatic carbocycles. The molecule has 0 atom stereocenters. The highest BCUT2D eigenvalue weighted by atomic mass is 16.5. The van der Waals surface area contributed by atoms with Crippen LogP contribution in [0, 0.1) is 0 Å². The number of hydrogen-bond donors (Lipinski definition) is 1. The Balaban J connectivity index is 2.02. The minimum atomic E-state index is -0.0197. The average molecular weight is 215 g/mol. The maximum Gasteiger partial charge on any atom is 0.0805 e. The summed E-state index contributed by atoms with van der Waals surface area (Å²) >= 11 is 0. The van der Waals surface area contributed by atoms with Crippen LogP contribution in [-0.2, 0) is 9.47 Å². The third-order valence-corrected chi connectivity index (χ3v) is 3.16. The molecule has 3 nitrogen and oxygen atoms in total. The van der Waals surface area contributed by atoms with Gasteiger partial charge in [0.1, 0.15) is 0 Å². The van der Waals surface area contributed by atoms with E-state index in [-0.39, 0.29) is 5.60 Å². The maximum absolute atomic E-state index is 5.87. The van der Waals surface area contributed by atoms with E-state index in [9.17, 15) is 0 Å². The lowest BCUT2D eigenvalue weighted by molar-refractivity contribution is -0.0583. The lowest BCUT2D eigenvalue weighted by Gasteiger charge is -2.27. The summed E-state index contributed by atoms with van der Waals surface area (Å²) < 4.78 is 11.3. The molecular formula is C12H25NO2. The van der Waals surface area contributed by atoms with Crippen LogP contribution in [0.1, 0.15) is 45.4 Å². The monoisotopic (exact) mass is 215 g/mol. The van der Waals surface area contributed by atoms with E-state index >= 15 is 0 Å². The summed E-state index contributed by atoms with van der Waals surface area (Å²) in [4.78, 5) is 0. The Morgan fingerprint density at radius 3 is 2.47 bits per heavy atom. The standard InChI is InChI=1S/C12H25NO2/c1-2-3-8-14-9-10-15-12(11-13)6-4-5-7-12/h2-11,13H2,1H3. The van der Waals surface area contributed by atoms with Crippen LogP contribution in [-0.4, -0.2) is 32.0 Å². The van der Waals surface area contributed by atoms with Crippen molar-refractivity contribution in [1.29, 1.82) is 0 Å². The molecule has 0 spiro atoms. The van der Waals surface area contributed by atoms with Gasteiger partial charge in [0.25, 0.3) is 0 Å². The van der Waals surface area contributed by atoms with Crippen molar-refractivity contribution in [3.63, 3.8) is 0 Å². The van der Waals surface area contributed by atoms with Crippen molar-refractivity contribution < 1.29 is 9.47 Å². The molecule has 1 rings (SSSR count). The zero-order valence-electron chi connectivity index (χ0n) is 9.96. The molecule has 15 heavy (non-hydrogen) atoms. The Bertz CT molecular complexity index is 156. The van der Waals surface area contributed by atoms with Crippen LogP contribution in [0.5, 0.6) is 0 Å². The second-order valence-electron chi connectivity index (χ2n) is 4.41. The topological polar surface area (TPSA) is 44.5 Å². The van der Waals surface area contributed by atoms with Gasteiger partial charge in [0.05, 0.1) is 18.8 Å². The van der Waals surface area contributed by atoms with Gasteiger partial charge in [0.15, 0.2) is 0 Å². The Morgan fingerprint density at radius 2 is 1.87 bits per heavy atom. The molecule has 1 aliphatic rings. The first-order chi connectivity index (χ1) is 7.33. The molecule has 1 saturated carbocycles. The Kier molecular flexibility index (Phi) is 6.22. The van der Waals surface area contributed by atoms with Gasteiger partial charge in [-0.2, -0.15) is 0 Å². The highest BCUT2D eigenvalue weighted by molar-refractivity contribution is 4.87. The van der Waals surface area contributed by atoms with Gasteiger partial charge < -0.3 is 15.2 Å². The number of rotatable bonds is 8. The molecule has 0 saturated heterocycles. The third kappa shape index (κ3) is 4.49. The molecule has 90 valence electrons. The van der Waals surface area contributed by atoms with Crippen molar-refractivity contribution in [2.24, 2.45) is 5.73 Å². The van der Waals surface area contributed by atoms with Gasteiger partial charge in [-0.25, -0.2) is 0 Å². The molecule has 0 amide bonds. The fourth-order valence-corrected chi connectivity index (χ4v) is 2.09. The quantitative estimate of drug-likeness (QED) is 0.631. The lowest BCUT2D eigenvalue weighted by Crippen LogP contribution is -2.38. The highest BCUT2D eigenvalue weighted by Crippen LogP contribution is 2.31. The number of unbranched alkanes of at least 4 members (excludes halogenated alkanes) is 1. The van der Waals surface area contributed by atoms with Crippen molar-refractivity contribution in [2.45, 2.75) is 51.0 Å². The minimum Gasteiger partial charge on any atom is -0.379 e. The first-order valence-corrected chi connectivity index (χ1v) is 6.25. The van der Waals surface area contributed by atoms with Gasteiger partial charge in [-0.05, 0) is 19.3 Å². The SMILES string of the molecule is CCCCOCCOC1(CN)CCCC1. The summed E-state index contributed by atoms with van der Waals surface area (Å²) in [6, 6.07) is 0. The van der Waals surface area contributed by atoms with Gasteiger partial charge in [-0.15, -0.1) is 0 Å². The first kappa shape index (κ1) is 12.9. The van der Waals surface area contributed by atoms with Gasteiger partial charge >= 0.3 is 0 Å². The number of ether oxygens (including phenoxy) is 2. The molecule has 0 radical (unpaired) electrons. The summed E-state index contributed by atoms with van der Waals surface area (Å²) in [7, 11) is 0. The highest BCUT2D eigenvalue weighted by Gasteiger charge is 2.32. The fraction of sp³-hybridized carbons (Fsp3) is 1.00. The average Bonchev–Trinajstić information content (AvgIpc) is 2.73. The van der Waals surface area contributed by atoms with E-state index < -0.39 is 0 Å². The molecule has 0 aliphatic heterocycles. The molecule has 0 unspecified atom stereocenters. The summed E-state index contributed by atoms with van der Waals surface area (Å²) in [5, 5.41) is 0. The summed E-state index contributed by atoms with van der Waals surface area (Å²) in [5.74, 6) is 0. The van der Waals surface area contributed by atoms with Crippen molar-refractivity contribution in [1.82, 2.24) is 0 Å². The smallest absolute Gasteiger partial charge is 0.0805 e. The summed E-state index contributed by atoms with van der Waals surface area (Å²) in [5.41, 5.74) is 5.75. The number of hydrogen-bond acceptors (Lipinski definition) is 3. The molecule has 1 aliphatic carbocycles. The van der Waals surface area contributed by atoms with E-state index in [0.717, 1.165) is 25.9 Å². The van der Waals surface area contributed by atoms with Gasteiger partial charge in [0, 0.05) is 13.2 Å². The van der Waals surface area contributed by atoms with Gasteiger partial charge in [-0.3, -0.25) is 0 Å². The van der Waals surface area contributed by atoms with Crippen molar-refractivity contribution >= 4 is 0 Å². The summed E-state index contributed by atoms with van der Waals surface area (Å²) in [6.07, 6.45) is 7.09. The van der Waals surface area contributed by atoms with Crippen LogP contribution in [0.4, 0.5) is 0 Å². The zero-order valence-corrected chi connectivity index (χ0v) is 9.96. The van der Waals surface area contributed by atoms with Crippen molar-refractivity contribution in [3.05, 3.63) is 0 Å². The Morgan fingerprint density at radius 1 is 1.13 bits per heavy atom. The van der Waals surface area contributed by atoms with E-state index in [1.807, 2.05) is 0 Å². The predicted octanol–water partition coefficient (Wildman–Crippen LogP) is 2.09. The minimum absolute atomic E-state index is 0.0197. The lowest BCUT2D eigenvalue weighted by atomic mass is 10.0. The molecule has 0 aromatic heterocycles. The molecule has 2 N–H and O–H groups in total. The maximum atomic E-state index is 5.87. The van der Waals surface area contributed by atoms with Crippen LogP contribution in [0.2, 0.25) is 0 Å². The first-order valence-electron chi connectivity index (χ1n) is 6.25. The second-order valence-corrected chi connectivity index (χ2v) is 4.41. The van der Waals surface area contributed by atoms with E-state index in [4.69, 9.17) is 15.2 Å². The third-order valence-electron chi connectivity index (χ3n) is 3.16. The van der Waals surface area contributed by atoms with Crippen LogP contribution >= 0.6 is 0 Å². The van der Waals surface area contributed by atoms with E-state index in [2.05, 4.69) is 6.92 Å². The normalized spacial score (nSPS) is 19.6. The fourth-order valence-electron chi connectivity index (χ4n) is 2.09. The molecular weight excluding hydrogens is 190 g/mol. The Hall–Kier alpha value is -0.120. The zero-order chi connectivity index (χ0) is 11.0. The van der Waals surface area contributed by atoms with E-state index in [0.29, 0.717) is 19.8 Å². The van der Waals surface area contributed by atoms with Crippen LogP contribution in [0.3, 0.4) is 0 Å². The largest absolute Gasteiger partial charge is 0.379 e. The summed E-state index contributed by atoms with van der Waals surface area (Å²) in [6.45, 7) is 5.09. The molecule has 3 heteroatoms. The van der Waals surface area contributed by atoms with Crippen LogP contribution in [0.15, 0.2) is 0 Å². The molecule has 0 bridgehead atoms. The van der Waals surface area contributed by atoms with E-state index in [1.165, 1.54) is 19.3 Å². The predicted molar refractivity (Wildman–Crippen MR) is 61.9 cm³/mol. The van der Waals surface area contributed by atoms with Gasteiger partial charge in [-0.1, -0.05) is 26.2 Å². The molecule has 0 aromatic rings. The van der Waals surface area contributed by atoms with E-state index in [1.54, 1.807) is 0 Å². The van der Waals surface area contributed by atoms with Crippen molar-refractivity contribution in [3.8, 4) is 0 Å². The van der Waals surface area contributed by atoms with Crippen LogP contribution in [0.25, 0.3) is 0 Å². The number of nitrogens with two attached hydrogens (primary N) is 1.